The normalized spacial score (nSPS) is 20.0. The molecular weight excluding hydrogens is 390 g/mol. The van der Waals surface area contributed by atoms with Crippen molar-refractivity contribution in [3.05, 3.63) is 41.5 Å². The minimum absolute atomic E-state index is 0. The molecule has 1 aromatic carbocycles. The van der Waals surface area contributed by atoms with Crippen LogP contribution in [0.5, 0.6) is 0 Å². The van der Waals surface area contributed by atoms with Crippen LogP contribution in [-0.2, 0) is 6.18 Å². The van der Waals surface area contributed by atoms with Gasteiger partial charge in [0.25, 0.3) is 5.91 Å². The summed E-state index contributed by atoms with van der Waals surface area (Å²) in [6, 6.07) is 4.45. The summed E-state index contributed by atoms with van der Waals surface area (Å²) in [5.74, 6) is -1.89. The van der Waals surface area contributed by atoms with Crippen LogP contribution < -0.4 is 10.6 Å². The molecule has 1 aliphatic heterocycles. The number of hydrogen-bond acceptors (Lipinski definition) is 4. The van der Waals surface area contributed by atoms with Crippen LogP contribution in [0.3, 0.4) is 0 Å². The van der Waals surface area contributed by atoms with Gasteiger partial charge < -0.3 is 10.6 Å². The van der Waals surface area contributed by atoms with Crippen molar-refractivity contribution in [2.45, 2.75) is 38.0 Å². The topological polar surface area (TPSA) is 71.8 Å². The second-order valence-corrected chi connectivity index (χ2v) is 6.11. The minimum atomic E-state index is -4.94. The van der Waals surface area contributed by atoms with Crippen molar-refractivity contribution in [2.75, 3.05) is 6.54 Å². The lowest BCUT2D eigenvalue weighted by molar-refractivity contribution is -0.143. The Bertz CT molecular complexity index is 810. The molecule has 1 saturated heterocycles. The maximum absolute atomic E-state index is 13.9. The molecule has 2 aromatic rings. The van der Waals surface area contributed by atoms with Crippen LogP contribution in [-0.4, -0.2) is 39.5 Å². The van der Waals surface area contributed by atoms with Gasteiger partial charge in [0.15, 0.2) is 11.4 Å². The second kappa shape index (κ2) is 8.22. The number of piperidine rings is 1. The SMILES string of the molecule is CC1NCCCC1NC(=O)c1nnn(-c2ccccc2F)c1C(F)(F)F.Cl. The molecule has 148 valence electrons. The molecule has 11 heteroatoms. The van der Waals surface area contributed by atoms with E-state index in [0.29, 0.717) is 11.1 Å². The summed E-state index contributed by atoms with van der Waals surface area (Å²) >= 11 is 0. The van der Waals surface area contributed by atoms with Gasteiger partial charge >= 0.3 is 6.18 Å². The highest BCUT2D eigenvalue weighted by Crippen LogP contribution is 2.33. The minimum Gasteiger partial charge on any atom is -0.346 e. The number of nitrogens with zero attached hydrogens (tertiary/aromatic N) is 3. The zero-order valence-corrected chi connectivity index (χ0v) is 15.1. The lowest BCUT2D eigenvalue weighted by Crippen LogP contribution is -2.52. The lowest BCUT2D eigenvalue weighted by Gasteiger charge is -2.30. The van der Waals surface area contributed by atoms with Gasteiger partial charge in [-0.25, -0.2) is 9.07 Å². The van der Waals surface area contributed by atoms with Gasteiger partial charge in [0.05, 0.1) is 0 Å². The maximum Gasteiger partial charge on any atom is 0.435 e. The molecule has 27 heavy (non-hydrogen) atoms. The fourth-order valence-corrected chi connectivity index (χ4v) is 2.96. The highest BCUT2D eigenvalue weighted by Gasteiger charge is 2.42. The van der Waals surface area contributed by atoms with Crippen LogP contribution in [0.15, 0.2) is 24.3 Å². The van der Waals surface area contributed by atoms with E-state index in [9.17, 15) is 22.4 Å². The Balaban J connectivity index is 0.00000261. The van der Waals surface area contributed by atoms with E-state index >= 15 is 0 Å². The number of carbonyl (C=O) groups excluding carboxylic acids is 1. The third-order valence-corrected chi connectivity index (χ3v) is 4.31. The maximum atomic E-state index is 13.9. The highest BCUT2D eigenvalue weighted by atomic mass is 35.5. The van der Waals surface area contributed by atoms with Crippen molar-refractivity contribution in [1.29, 1.82) is 0 Å². The number of carbonyl (C=O) groups is 1. The van der Waals surface area contributed by atoms with Crippen molar-refractivity contribution in [3.63, 3.8) is 0 Å². The molecule has 1 aromatic heterocycles. The van der Waals surface area contributed by atoms with E-state index in [-0.39, 0.29) is 24.5 Å². The number of benzene rings is 1. The molecule has 1 aliphatic rings. The summed E-state index contributed by atoms with van der Waals surface area (Å²) in [6.45, 7) is 2.62. The molecule has 1 fully saturated rings. The standard InChI is InChI=1S/C16H17F4N5O.ClH/c1-9-11(6-4-8-21-9)22-15(26)13-14(16(18,19)20)25(24-23-13)12-7-3-2-5-10(12)17;/h2-3,5,7,9,11,21H,4,6,8H2,1H3,(H,22,26);1H. The fraction of sp³-hybridized carbons (Fsp3) is 0.438. The zero-order chi connectivity index (χ0) is 18.9. The number of nitrogens with one attached hydrogen (secondary N) is 2. The summed E-state index contributed by atoms with van der Waals surface area (Å²) in [7, 11) is 0. The Hall–Kier alpha value is -2.20. The largest absolute Gasteiger partial charge is 0.435 e. The Morgan fingerprint density at radius 3 is 2.67 bits per heavy atom. The lowest BCUT2D eigenvalue weighted by atomic mass is 10.00. The average molecular weight is 408 g/mol. The molecule has 0 saturated carbocycles. The van der Waals surface area contributed by atoms with E-state index in [1.807, 2.05) is 6.92 Å². The van der Waals surface area contributed by atoms with Crippen LogP contribution in [0.1, 0.15) is 35.9 Å². The summed E-state index contributed by atoms with van der Waals surface area (Å²) in [4.78, 5) is 12.4. The molecule has 6 nitrogen and oxygen atoms in total. The van der Waals surface area contributed by atoms with Gasteiger partial charge in [-0.05, 0) is 38.4 Å². The summed E-state index contributed by atoms with van der Waals surface area (Å²) in [5.41, 5.74) is -2.71. The first-order chi connectivity index (χ1) is 12.3. The molecule has 3 rings (SSSR count). The van der Waals surface area contributed by atoms with Gasteiger partial charge in [0.1, 0.15) is 11.5 Å². The molecular formula is C16H18ClF4N5O. The molecule has 0 aliphatic carbocycles. The number of alkyl halides is 3. The van der Waals surface area contributed by atoms with Crippen LogP contribution in [0.2, 0.25) is 0 Å². The first kappa shape index (κ1) is 21.1. The smallest absolute Gasteiger partial charge is 0.346 e. The van der Waals surface area contributed by atoms with Gasteiger partial charge in [0, 0.05) is 12.1 Å². The average Bonchev–Trinajstić information content (AvgIpc) is 3.02. The van der Waals surface area contributed by atoms with Gasteiger partial charge in [-0.1, -0.05) is 17.3 Å². The number of hydrogen-bond donors (Lipinski definition) is 2. The van der Waals surface area contributed by atoms with Crippen LogP contribution in [0.25, 0.3) is 5.69 Å². The first-order valence-corrected chi connectivity index (χ1v) is 8.11. The molecule has 2 atom stereocenters. The molecule has 0 bridgehead atoms. The van der Waals surface area contributed by atoms with Crippen LogP contribution >= 0.6 is 12.4 Å². The van der Waals surface area contributed by atoms with Crippen LogP contribution in [0.4, 0.5) is 17.6 Å². The molecule has 0 spiro atoms. The van der Waals surface area contributed by atoms with Crippen molar-refractivity contribution in [3.8, 4) is 5.69 Å². The Morgan fingerprint density at radius 1 is 1.33 bits per heavy atom. The quantitative estimate of drug-likeness (QED) is 0.767. The Kier molecular flexibility index (Phi) is 6.42. The van der Waals surface area contributed by atoms with Gasteiger partial charge in [-0.3, -0.25) is 4.79 Å². The third-order valence-electron chi connectivity index (χ3n) is 4.31. The van der Waals surface area contributed by atoms with Crippen LogP contribution in [0, 0.1) is 5.82 Å². The van der Waals surface area contributed by atoms with E-state index in [2.05, 4.69) is 20.9 Å². The van der Waals surface area contributed by atoms with E-state index in [4.69, 9.17) is 0 Å². The fourth-order valence-electron chi connectivity index (χ4n) is 2.96. The second-order valence-electron chi connectivity index (χ2n) is 6.11. The summed E-state index contributed by atoms with van der Waals surface area (Å²) in [5, 5.41) is 12.5. The molecule has 2 heterocycles. The van der Waals surface area contributed by atoms with Crippen molar-refractivity contribution in [2.24, 2.45) is 0 Å². The molecule has 2 unspecified atom stereocenters. The highest BCUT2D eigenvalue weighted by molar-refractivity contribution is 5.93. The number of halogens is 5. The summed E-state index contributed by atoms with van der Waals surface area (Å²) < 4.78 is 54.9. The van der Waals surface area contributed by atoms with Gasteiger partial charge in [-0.15, -0.1) is 17.5 Å². The van der Waals surface area contributed by atoms with Crippen molar-refractivity contribution >= 4 is 18.3 Å². The van der Waals surface area contributed by atoms with E-state index in [0.717, 1.165) is 25.1 Å². The number of amides is 1. The predicted molar refractivity (Wildman–Crippen MR) is 91.5 cm³/mol. The van der Waals surface area contributed by atoms with Crippen molar-refractivity contribution < 1.29 is 22.4 Å². The number of rotatable bonds is 3. The summed E-state index contributed by atoms with van der Waals surface area (Å²) in [6.07, 6.45) is -3.50. The van der Waals surface area contributed by atoms with E-state index < -0.39 is 35.0 Å². The molecule has 0 radical (unpaired) electrons. The first-order valence-electron chi connectivity index (χ1n) is 8.11. The monoisotopic (exact) mass is 407 g/mol. The Labute approximate surface area is 158 Å². The van der Waals surface area contributed by atoms with Gasteiger partial charge in [0.2, 0.25) is 0 Å². The number of para-hydroxylation sites is 1. The van der Waals surface area contributed by atoms with Gasteiger partial charge in [-0.2, -0.15) is 13.2 Å². The predicted octanol–water partition coefficient (Wildman–Crippen LogP) is 2.72. The third kappa shape index (κ3) is 4.38. The molecule has 1 amide bonds. The van der Waals surface area contributed by atoms with E-state index in [1.54, 1.807) is 0 Å². The molecule has 2 N–H and O–H groups in total. The Morgan fingerprint density at radius 2 is 2.04 bits per heavy atom. The van der Waals surface area contributed by atoms with E-state index in [1.165, 1.54) is 12.1 Å². The zero-order valence-electron chi connectivity index (χ0n) is 14.3. The van der Waals surface area contributed by atoms with Crippen molar-refractivity contribution in [1.82, 2.24) is 25.6 Å². The number of aromatic nitrogens is 3.